The topological polar surface area (TPSA) is 89.9 Å². The summed E-state index contributed by atoms with van der Waals surface area (Å²) < 4.78 is 14.6. The van der Waals surface area contributed by atoms with Crippen molar-refractivity contribution in [2.24, 2.45) is 0 Å². The molecule has 1 unspecified atom stereocenters. The van der Waals surface area contributed by atoms with Crippen molar-refractivity contribution in [2.45, 2.75) is 57.7 Å². The number of phenols is 1. The van der Waals surface area contributed by atoms with E-state index in [4.69, 9.17) is 0 Å². The molecule has 2 fully saturated rings. The lowest BCUT2D eigenvalue weighted by Gasteiger charge is -2.33. The van der Waals surface area contributed by atoms with Crippen molar-refractivity contribution >= 4 is 17.7 Å². The highest BCUT2D eigenvalue weighted by Gasteiger charge is 2.41. The second kappa shape index (κ2) is 8.83. The standard InChI is InChI=1S/C26H28FN3O4/c1-15-8-16(10-19(31)9-15)13-29-6-4-17(5-7-29)20-11-18(27)12-21-22(20)14-30(26(21)34)23-2-3-24(32)28-25(23)33/h8-12,17,23,31H,2-7,13-14H2,1H3,(H,28,32,33). The van der Waals surface area contributed by atoms with Crippen molar-refractivity contribution in [3.63, 3.8) is 0 Å². The van der Waals surface area contributed by atoms with Gasteiger partial charge in [0, 0.05) is 25.1 Å². The number of nitrogens with zero attached hydrogens (tertiary/aromatic N) is 2. The molecule has 7 nitrogen and oxygen atoms in total. The Labute approximate surface area is 197 Å². The highest BCUT2D eigenvalue weighted by Crippen LogP contribution is 2.38. The van der Waals surface area contributed by atoms with Crippen LogP contribution in [0.2, 0.25) is 0 Å². The number of aromatic hydroxyl groups is 1. The van der Waals surface area contributed by atoms with E-state index in [-0.39, 0.29) is 42.9 Å². The van der Waals surface area contributed by atoms with Gasteiger partial charge in [-0.25, -0.2) is 4.39 Å². The summed E-state index contributed by atoms with van der Waals surface area (Å²) in [6.07, 6.45) is 2.14. The van der Waals surface area contributed by atoms with Gasteiger partial charge >= 0.3 is 0 Å². The first-order valence-corrected chi connectivity index (χ1v) is 11.8. The molecule has 0 spiro atoms. The van der Waals surface area contributed by atoms with E-state index in [1.54, 1.807) is 18.2 Å². The first-order valence-electron chi connectivity index (χ1n) is 11.8. The fourth-order valence-electron chi connectivity index (χ4n) is 5.61. The second-order valence-corrected chi connectivity index (χ2v) is 9.65. The second-order valence-electron chi connectivity index (χ2n) is 9.65. The van der Waals surface area contributed by atoms with Gasteiger partial charge in [0.05, 0.1) is 0 Å². The minimum absolute atomic E-state index is 0.126. The van der Waals surface area contributed by atoms with Crippen molar-refractivity contribution in [1.82, 2.24) is 15.1 Å². The lowest BCUT2D eigenvalue weighted by Crippen LogP contribution is -2.52. The summed E-state index contributed by atoms with van der Waals surface area (Å²) in [5, 5.41) is 12.2. The van der Waals surface area contributed by atoms with Gasteiger partial charge in [0.2, 0.25) is 11.8 Å². The molecule has 0 saturated carbocycles. The number of benzene rings is 2. The Morgan fingerprint density at radius 3 is 2.53 bits per heavy atom. The lowest BCUT2D eigenvalue weighted by molar-refractivity contribution is -0.136. The molecule has 2 N–H and O–H groups in total. The SMILES string of the molecule is Cc1cc(O)cc(CN2CCC(c3cc(F)cc4c3CN(C3CCC(=O)NC3=O)C4=O)CC2)c1. The number of carbonyl (C=O) groups is 3. The number of hydrogen-bond donors (Lipinski definition) is 2. The van der Waals surface area contributed by atoms with Gasteiger partial charge in [-0.15, -0.1) is 0 Å². The van der Waals surface area contributed by atoms with Crippen LogP contribution in [0, 0.1) is 12.7 Å². The van der Waals surface area contributed by atoms with Gasteiger partial charge < -0.3 is 10.0 Å². The largest absolute Gasteiger partial charge is 0.508 e. The summed E-state index contributed by atoms with van der Waals surface area (Å²) in [7, 11) is 0. The Morgan fingerprint density at radius 2 is 1.82 bits per heavy atom. The third-order valence-corrected chi connectivity index (χ3v) is 7.21. The molecule has 34 heavy (non-hydrogen) atoms. The molecule has 3 aliphatic heterocycles. The van der Waals surface area contributed by atoms with Gasteiger partial charge in [-0.05, 0) is 91.7 Å². The minimum Gasteiger partial charge on any atom is -0.508 e. The number of rotatable bonds is 4. The monoisotopic (exact) mass is 465 g/mol. The number of aryl methyl sites for hydroxylation is 1. The van der Waals surface area contributed by atoms with Gasteiger partial charge in [-0.2, -0.15) is 0 Å². The molecule has 5 rings (SSSR count). The highest BCUT2D eigenvalue weighted by molar-refractivity contribution is 6.05. The molecule has 2 aromatic carbocycles. The molecule has 178 valence electrons. The molecule has 0 bridgehead atoms. The average Bonchev–Trinajstić information content (AvgIpc) is 3.09. The van der Waals surface area contributed by atoms with Crippen molar-refractivity contribution in [3.05, 3.63) is 64.0 Å². The highest BCUT2D eigenvalue weighted by atomic mass is 19.1. The molecule has 3 heterocycles. The number of halogens is 1. The van der Waals surface area contributed by atoms with E-state index < -0.39 is 17.8 Å². The number of fused-ring (bicyclic) bond motifs is 1. The molecule has 0 aliphatic carbocycles. The molecule has 3 aliphatic rings. The molecule has 2 aromatic rings. The molecule has 0 aromatic heterocycles. The number of hydrogen-bond acceptors (Lipinski definition) is 5. The first-order chi connectivity index (χ1) is 16.3. The first kappa shape index (κ1) is 22.5. The number of likely N-dealkylation sites (tertiary alicyclic amines) is 1. The van der Waals surface area contributed by atoms with E-state index in [2.05, 4.69) is 16.3 Å². The van der Waals surface area contributed by atoms with Gasteiger partial charge in [-0.1, -0.05) is 6.07 Å². The van der Waals surface area contributed by atoms with Crippen molar-refractivity contribution < 1.29 is 23.9 Å². The average molecular weight is 466 g/mol. The number of piperidine rings is 2. The van der Waals surface area contributed by atoms with Crippen LogP contribution in [0.25, 0.3) is 0 Å². The summed E-state index contributed by atoms with van der Waals surface area (Å²) in [5.41, 5.74) is 4.07. The summed E-state index contributed by atoms with van der Waals surface area (Å²) in [6, 6.07) is 7.69. The fourth-order valence-corrected chi connectivity index (χ4v) is 5.61. The summed E-state index contributed by atoms with van der Waals surface area (Å²) in [6.45, 7) is 4.62. The molecule has 2 saturated heterocycles. The Morgan fingerprint density at radius 1 is 1.06 bits per heavy atom. The van der Waals surface area contributed by atoms with Crippen LogP contribution in [0.3, 0.4) is 0 Å². The van der Waals surface area contributed by atoms with Gasteiger partial charge in [0.15, 0.2) is 0 Å². The van der Waals surface area contributed by atoms with Crippen LogP contribution < -0.4 is 5.32 Å². The summed E-state index contributed by atoms with van der Waals surface area (Å²) in [5.74, 6) is -1.18. The maximum atomic E-state index is 14.6. The maximum absolute atomic E-state index is 14.6. The van der Waals surface area contributed by atoms with E-state index in [0.29, 0.717) is 5.56 Å². The van der Waals surface area contributed by atoms with Crippen LogP contribution >= 0.6 is 0 Å². The zero-order valence-electron chi connectivity index (χ0n) is 19.1. The van der Waals surface area contributed by atoms with Crippen LogP contribution in [-0.4, -0.2) is 51.8 Å². The third kappa shape index (κ3) is 4.30. The normalized spacial score (nSPS) is 21.6. The Bertz CT molecular complexity index is 1150. The molecule has 3 amide bonds. The Balaban J connectivity index is 1.31. The third-order valence-electron chi connectivity index (χ3n) is 7.21. The van der Waals surface area contributed by atoms with E-state index in [0.717, 1.165) is 54.7 Å². The zero-order chi connectivity index (χ0) is 24.0. The zero-order valence-corrected chi connectivity index (χ0v) is 19.1. The summed E-state index contributed by atoms with van der Waals surface area (Å²) >= 11 is 0. The molecular weight excluding hydrogens is 437 g/mol. The van der Waals surface area contributed by atoms with Crippen LogP contribution in [-0.2, 0) is 22.7 Å². The molecule has 0 radical (unpaired) electrons. The van der Waals surface area contributed by atoms with Crippen LogP contribution in [0.1, 0.15) is 64.2 Å². The van der Waals surface area contributed by atoms with Crippen LogP contribution in [0.15, 0.2) is 30.3 Å². The summed E-state index contributed by atoms with van der Waals surface area (Å²) in [4.78, 5) is 40.8. The van der Waals surface area contributed by atoms with Crippen LogP contribution in [0.5, 0.6) is 5.75 Å². The van der Waals surface area contributed by atoms with E-state index >= 15 is 0 Å². The quantitative estimate of drug-likeness (QED) is 0.678. The molecular formula is C26H28FN3O4. The maximum Gasteiger partial charge on any atom is 0.255 e. The van der Waals surface area contributed by atoms with Crippen molar-refractivity contribution in [1.29, 1.82) is 0 Å². The van der Waals surface area contributed by atoms with Crippen molar-refractivity contribution in [2.75, 3.05) is 13.1 Å². The number of nitrogens with one attached hydrogen (secondary N) is 1. The number of phenolic OH excluding ortho intramolecular Hbond substituents is 1. The van der Waals surface area contributed by atoms with Crippen molar-refractivity contribution in [3.8, 4) is 5.75 Å². The number of imide groups is 1. The number of carbonyl (C=O) groups excluding carboxylic acids is 3. The predicted molar refractivity (Wildman–Crippen MR) is 123 cm³/mol. The van der Waals surface area contributed by atoms with Gasteiger partial charge in [-0.3, -0.25) is 24.6 Å². The molecule has 8 heteroatoms. The smallest absolute Gasteiger partial charge is 0.255 e. The Kier molecular flexibility index (Phi) is 5.85. The Hall–Kier alpha value is -3.26. The van der Waals surface area contributed by atoms with Gasteiger partial charge in [0.1, 0.15) is 17.6 Å². The van der Waals surface area contributed by atoms with Gasteiger partial charge in [0.25, 0.3) is 5.91 Å². The van der Waals surface area contributed by atoms with E-state index in [9.17, 15) is 23.9 Å². The minimum atomic E-state index is -0.707. The predicted octanol–water partition coefficient (Wildman–Crippen LogP) is 2.98. The fraction of sp³-hybridized carbons (Fsp3) is 0.423. The lowest BCUT2D eigenvalue weighted by atomic mass is 9.85. The number of amides is 3. The molecule has 1 atom stereocenters. The van der Waals surface area contributed by atoms with E-state index in [1.165, 1.54) is 11.0 Å². The van der Waals surface area contributed by atoms with E-state index in [1.807, 2.05) is 6.92 Å². The van der Waals surface area contributed by atoms with Crippen LogP contribution in [0.4, 0.5) is 4.39 Å².